The van der Waals surface area contributed by atoms with Crippen LogP contribution in [0, 0.1) is 6.92 Å². The van der Waals surface area contributed by atoms with Crippen molar-refractivity contribution in [1.82, 2.24) is 14.8 Å². The highest BCUT2D eigenvalue weighted by Crippen LogP contribution is 2.27. The molecule has 1 N–H and O–H groups in total. The molecule has 2 heterocycles. The van der Waals surface area contributed by atoms with E-state index in [1.807, 2.05) is 16.8 Å². The number of carbonyl (C=O) groups is 1. The number of hydrogen-bond acceptors (Lipinski definition) is 3. The molecule has 0 fully saturated rings. The van der Waals surface area contributed by atoms with Gasteiger partial charge in [-0.25, -0.2) is 9.67 Å². The summed E-state index contributed by atoms with van der Waals surface area (Å²) in [7, 11) is 0. The number of amides is 1. The van der Waals surface area contributed by atoms with Gasteiger partial charge >= 0.3 is 0 Å². The lowest BCUT2D eigenvalue weighted by Gasteiger charge is -2.05. The van der Waals surface area contributed by atoms with Crippen LogP contribution in [0.2, 0.25) is 5.02 Å². The van der Waals surface area contributed by atoms with E-state index >= 15 is 0 Å². The molecule has 142 valence electrons. The van der Waals surface area contributed by atoms with Gasteiger partial charge in [0.1, 0.15) is 0 Å². The molecule has 0 bridgehead atoms. The first-order chi connectivity index (χ1) is 13.6. The van der Waals surface area contributed by atoms with E-state index in [1.54, 1.807) is 24.3 Å². The van der Waals surface area contributed by atoms with E-state index < -0.39 is 0 Å². The third-order valence-corrected chi connectivity index (χ3v) is 5.08. The number of aromatic nitrogens is 3. The molecule has 0 spiro atoms. The van der Waals surface area contributed by atoms with Crippen LogP contribution in [0.1, 0.15) is 35.7 Å². The van der Waals surface area contributed by atoms with E-state index in [2.05, 4.69) is 36.4 Å². The molecule has 0 aliphatic rings. The topological polar surface area (TPSA) is 59.8 Å². The minimum Gasteiger partial charge on any atom is -0.304 e. The van der Waals surface area contributed by atoms with Crippen LogP contribution in [0.3, 0.4) is 0 Å². The van der Waals surface area contributed by atoms with Gasteiger partial charge in [-0.3, -0.25) is 4.79 Å². The average Bonchev–Trinajstić information content (AvgIpc) is 3.01. The zero-order chi connectivity index (χ0) is 19.7. The largest absolute Gasteiger partial charge is 0.304 e. The van der Waals surface area contributed by atoms with Gasteiger partial charge in [0.05, 0.1) is 21.5 Å². The molecule has 0 radical (unpaired) electrons. The second kappa shape index (κ2) is 7.60. The van der Waals surface area contributed by atoms with Crippen molar-refractivity contribution in [3.05, 3.63) is 64.7 Å². The molecule has 0 saturated carbocycles. The van der Waals surface area contributed by atoms with Crippen molar-refractivity contribution in [3.63, 3.8) is 0 Å². The minimum atomic E-state index is -0.281. The van der Waals surface area contributed by atoms with Crippen LogP contribution in [-0.4, -0.2) is 20.7 Å². The van der Waals surface area contributed by atoms with Crippen molar-refractivity contribution >= 4 is 45.3 Å². The Balaban J connectivity index is 1.81. The Morgan fingerprint density at radius 3 is 2.79 bits per heavy atom. The average molecular weight is 393 g/mol. The number of anilines is 1. The number of nitrogens with zero attached hydrogens (tertiary/aromatic N) is 3. The Bertz CT molecular complexity index is 1180. The number of halogens is 1. The molecule has 0 unspecified atom stereocenters. The third kappa shape index (κ3) is 3.45. The smallest absolute Gasteiger partial charge is 0.258 e. The first-order valence-electron chi connectivity index (χ1n) is 9.40. The SMILES string of the molecule is CCCCn1nc(NC(=O)c2ccccc2Cl)c2cc3ccc(C)cc3nc21. The number of pyridine rings is 1. The van der Waals surface area contributed by atoms with Gasteiger partial charge in [-0.1, -0.05) is 49.2 Å². The first kappa shape index (κ1) is 18.4. The number of hydrogen-bond donors (Lipinski definition) is 1. The zero-order valence-corrected chi connectivity index (χ0v) is 16.6. The molecule has 2 aromatic carbocycles. The summed E-state index contributed by atoms with van der Waals surface area (Å²) >= 11 is 6.17. The van der Waals surface area contributed by atoms with E-state index in [-0.39, 0.29) is 5.91 Å². The molecule has 6 heteroatoms. The Labute approximate surface area is 168 Å². The molecule has 0 saturated heterocycles. The first-order valence-corrected chi connectivity index (χ1v) is 9.78. The van der Waals surface area contributed by atoms with Crippen molar-refractivity contribution in [3.8, 4) is 0 Å². The molecule has 28 heavy (non-hydrogen) atoms. The summed E-state index contributed by atoms with van der Waals surface area (Å²) in [5, 5.41) is 9.82. The highest BCUT2D eigenvalue weighted by Gasteiger charge is 2.17. The van der Waals surface area contributed by atoms with Crippen LogP contribution in [0.15, 0.2) is 48.5 Å². The Kier molecular flexibility index (Phi) is 5.01. The Morgan fingerprint density at radius 1 is 1.18 bits per heavy atom. The van der Waals surface area contributed by atoms with E-state index in [9.17, 15) is 4.79 Å². The van der Waals surface area contributed by atoms with Crippen LogP contribution in [0.5, 0.6) is 0 Å². The second-order valence-corrected chi connectivity index (χ2v) is 7.32. The molecule has 0 aliphatic heterocycles. The van der Waals surface area contributed by atoms with E-state index in [1.165, 1.54) is 0 Å². The van der Waals surface area contributed by atoms with E-state index in [0.717, 1.165) is 46.9 Å². The summed E-state index contributed by atoms with van der Waals surface area (Å²) in [6.45, 7) is 4.94. The maximum Gasteiger partial charge on any atom is 0.258 e. The molecular weight excluding hydrogens is 372 g/mol. The standard InChI is InChI=1S/C22H21ClN4O/c1-3-4-11-27-21-17(13-15-10-9-14(2)12-19(15)24-21)20(26-27)25-22(28)16-7-5-6-8-18(16)23/h5-10,12-13H,3-4,11H2,1-2H3,(H,25,26,28). The zero-order valence-electron chi connectivity index (χ0n) is 15.9. The predicted octanol–water partition coefficient (Wildman–Crippen LogP) is 5.60. The van der Waals surface area contributed by atoms with Crippen LogP contribution >= 0.6 is 11.6 Å². The second-order valence-electron chi connectivity index (χ2n) is 6.91. The number of aryl methyl sites for hydroxylation is 2. The summed E-state index contributed by atoms with van der Waals surface area (Å²) in [6, 6.07) is 15.2. The van der Waals surface area contributed by atoms with E-state index in [0.29, 0.717) is 16.4 Å². The maximum atomic E-state index is 12.7. The molecule has 0 aliphatic carbocycles. The van der Waals surface area contributed by atoms with Gasteiger partial charge in [0.15, 0.2) is 11.5 Å². The van der Waals surface area contributed by atoms with Gasteiger partial charge in [0.25, 0.3) is 5.91 Å². The third-order valence-electron chi connectivity index (χ3n) is 4.75. The molecule has 4 rings (SSSR count). The maximum absolute atomic E-state index is 12.7. The summed E-state index contributed by atoms with van der Waals surface area (Å²) < 4.78 is 1.88. The number of unbranched alkanes of at least 4 members (excludes halogenated alkanes) is 1. The van der Waals surface area contributed by atoms with Crippen LogP contribution < -0.4 is 5.32 Å². The number of nitrogens with one attached hydrogen (secondary N) is 1. The van der Waals surface area contributed by atoms with Crippen molar-refractivity contribution in [2.45, 2.75) is 33.2 Å². The van der Waals surface area contributed by atoms with Crippen LogP contribution in [0.25, 0.3) is 21.9 Å². The Hall–Kier alpha value is -2.92. The lowest BCUT2D eigenvalue weighted by molar-refractivity contribution is 0.102. The van der Waals surface area contributed by atoms with Gasteiger partial charge in [-0.2, -0.15) is 5.10 Å². The summed E-state index contributed by atoms with van der Waals surface area (Å²) in [5.74, 6) is 0.225. The monoisotopic (exact) mass is 392 g/mol. The molecule has 2 aromatic heterocycles. The van der Waals surface area contributed by atoms with Crippen molar-refractivity contribution < 1.29 is 4.79 Å². The van der Waals surface area contributed by atoms with Crippen molar-refractivity contribution in [2.75, 3.05) is 5.32 Å². The van der Waals surface area contributed by atoms with Gasteiger partial charge in [-0.15, -0.1) is 0 Å². The Morgan fingerprint density at radius 2 is 2.00 bits per heavy atom. The van der Waals surface area contributed by atoms with Gasteiger partial charge < -0.3 is 5.32 Å². The number of carbonyl (C=O) groups excluding carboxylic acids is 1. The lowest BCUT2D eigenvalue weighted by Crippen LogP contribution is -2.13. The normalized spacial score (nSPS) is 11.2. The summed E-state index contributed by atoms with van der Waals surface area (Å²) in [5.41, 5.74) is 3.28. The number of fused-ring (bicyclic) bond motifs is 2. The fourth-order valence-electron chi connectivity index (χ4n) is 3.24. The van der Waals surface area contributed by atoms with Crippen LogP contribution in [0.4, 0.5) is 5.82 Å². The highest BCUT2D eigenvalue weighted by molar-refractivity contribution is 6.34. The van der Waals surface area contributed by atoms with Gasteiger partial charge in [-0.05, 0) is 43.2 Å². The van der Waals surface area contributed by atoms with Crippen molar-refractivity contribution in [2.24, 2.45) is 0 Å². The summed E-state index contributed by atoms with van der Waals surface area (Å²) in [4.78, 5) is 17.6. The fourth-order valence-corrected chi connectivity index (χ4v) is 3.46. The molecule has 1 amide bonds. The minimum absolute atomic E-state index is 0.281. The molecular formula is C22H21ClN4O. The fraction of sp³-hybridized carbons (Fsp3) is 0.227. The molecule has 4 aromatic rings. The van der Waals surface area contributed by atoms with Gasteiger partial charge in [0.2, 0.25) is 0 Å². The van der Waals surface area contributed by atoms with Crippen LogP contribution in [-0.2, 0) is 6.54 Å². The number of benzene rings is 2. The highest BCUT2D eigenvalue weighted by atomic mass is 35.5. The predicted molar refractivity (Wildman–Crippen MR) is 114 cm³/mol. The molecule has 5 nitrogen and oxygen atoms in total. The van der Waals surface area contributed by atoms with Gasteiger partial charge in [0, 0.05) is 11.9 Å². The van der Waals surface area contributed by atoms with E-state index in [4.69, 9.17) is 16.6 Å². The summed E-state index contributed by atoms with van der Waals surface area (Å²) in [6.07, 6.45) is 2.04. The lowest BCUT2D eigenvalue weighted by atomic mass is 10.1. The molecule has 0 atom stereocenters. The quantitative estimate of drug-likeness (QED) is 0.481. The number of rotatable bonds is 5. The van der Waals surface area contributed by atoms with Crippen molar-refractivity contribution in [1.29, 1.82) is 0 Å².